The van der Waals surface area contributed by atoms with Gasteiger partial charge in [0.2, 0.25) is 0 Å². The molecule has 0 spiro atoms. The van der Waals surface area contributed by atoms with Gasteiger partial charge in [-0.15, -0.1) is 23.5 Å². The summed E-state index contributed by atoms with van der Waals surface area (Å²) in [4.78, 5) is 65.8. The summed E-state index contributed by atoms with van der Waals surface area (Å²) in [6, 6.07) is 37.3. The largest absolute Gasteiger partial charge is 0.469 e. The molecule has 1 aromatic heterocycles. The molecule has 3 aliphatic rings. The summed E-state index contributed by atoms with van der Waals surface area (Å²) in [5, 5.41) is 6.63. The molecule has 440 valence electrons. The second-order valence-corrected chi connectivity index (χ2v) is 23.0. The number of aromatic nitrogens is 2. The Hall–Kier alpha value is -8.48. The van der Waals surface area contributed by atoms with Crippen LogP contribution < -0.4 is 20.0 Å². The Labute approximate surface area is 492 Å². The average Bonchev–Trinajstić information content (AvgIpc) is 4.21. The Kier molecular flexibility index (Phi) is 20.7. The number of carbonyl (C=O) groups excluding carboxylic acids is 5. The zero-order chi connectivity index (χ0) is 60.1. The maximum absolute atomic E-state index is 14.8. The first-order valence-electron chi connectivity index (χ1n) is 26.3. The van der Waals surface area contributed by atoms with Crippen molar-refractivity contribution in [2.75, 3.05) is 73.4 Å². The lowest BCUT2D eigenvalue weighted by atomic mass is 10.0. The van der Waals surface area contributed by atoms with E-state index < -0.39 is 63.8 Å². The van der Waals surface area contributed by atoms with Gasteiger partial charge < -0.3 is 29.0 Å². The highest BCUT2D eigenvalue weighted by Gasteiger charge is 2.36. The number of methoxy groups -OCH3 is 1. The first kappa shape index (κ1) is 61.6. The highest BCUT2D eigenvalue weighted by atomic mass is 32.2. The molecule has 84 heavy (non-hydrogen) atoms. The first-order valence-corrected chi connectivity index (χ1v) is 30.7. The number of carbonyl (C=O) groups is 5. The van der Waals surface area contributed by atoms with E-state index in [9.17, 15) is 41.4 Å². The predicted molar refractivity (Wildman–Crippen MR) is 315 cm³/mol. The first-order chi connectivity index (χ1) is 40.3. The van der Waals surface area contributed by atoms with Gasteiger partial charge in [-0.05, 0) is 140 Å². The molecule has 0 bridgehead atoms. The molecule has 6 aromatic carbocycles. The number of amides is 4. The van der Waals surface area contributed by atoms with E-state index in [2.05, 4.69) is 15.2 Å². The Morgan fingerprint density at radius 1 is 0.667 bits per heavy atom. The third-order valence-electron chi connectivity index (χ3n) is 13.4. The van der Waals surface area contributed by atoms with E-state index in [1.165, 1.54) is 46.3 Å². The lowest BCUT2D eigenvalue weighted by Crippen LogP contribution is -2.35. The molecule has 3 fully saturated rings. The Morgan fingerprint density at radius 2 is 1.10 bits per heavy atom. The molecule has 0 aliphatic carbocycles. The molecule has 4 amide bonds. The van der Waals surface area contributed by atoms with Gasteiger partial charge in [-0.25, -0.2) is 41.3 Å². The van der Waals surface area contributed by atoms with E-state index in [0.717, 1.165) is 20.9 Å². The van der Waals surface area contributed by atoms with Crippen LogP contribution in [-0.4, -0.2) is 121 Å². The quantitative estimate of drug-likeness (QED) is 0.0493. The lowest BCUT2D eigenvalue weighted by molar-refractivity contribution is -0.141. The maximum Gasteiger partial charge on any atom is 0.414 e. The number of hydrogen-bond acceptors (Lipinski definition) is 15. The Morgan fingerprint density at radius 3 is 1.50 bits per heavy atom. The van der Waals surface area contributed by atoms with Gasteiger partial charge in [0.1, 0.15) is 35.8 Å². The summed E-state index contributed by atoms with van der Waals surface area (Å²) < 4.78 is 90.4. The molecule has 18 nitrogen and oxygen atoms in total. The summed E-state index contributed by atoms with van der Waals surface area (Å²) >= 11 is 3.24. The number of anilines is 3. The number of rotatable bonds is 17. The van der Waals surface area contributed by atoms with Crippen molar-refractivity contribution < 1.29 is 65.0 Å². The molecule has 2 N–H and O–H groups in total. The normalized spacial score (nSPS) is 17.0. The molecular weight excluding hydrogens is 1150 g/mol. The van der Waals surface area contributed by atoms with Crippen molar-refractivity contribution in [1.29, 1.82) is 4.78 Å². The second-order valence-electron chi connectivity index (χ2n) is 19.1. The molecule has 3 aliphatic heterocycles. The molecule has 10 rings (SSSR count). The maximum atomic E-state index is 14.8. The fraction of sp³-hybridized carbons (Fsp3) is 0.267. The molecule has 3 saturated heterocycles. The number of cyclic esters (lactones) is 3. The molecule has 0 radical (unpaired) electrons. The van der Waals surface area contributed by atoms with Crippen LogP contribution in [-0.2, 0) is 44.8 Å². The van der Waals surface area contributed by atoms with Gasteiger partial charge in [-0.2, -0.15) is 5.10 Å². The smallest absolute Gasteiger partial charge is 0.414 e. The number of halogens is 3. The molecular formula is C60H60F3N7O11S3. The van der Waals surface area contributed by atoms with Crippen molar-refractivity contribution in [3.63, 3.8) is 0 Å². The van der Waals surface area contributed by atoms with E-state index in [-0.39, 0.29) is 44.7 Å². The van der Waals surface area contributed by atoms with Crippen molar-refractivity contribution >= 4 is 80.7 Å². The van der Waals surface area contributed by atoms with Gasteiger partial charge in [0.15, 0.2) is 0 Å². The van der Waals surface area contributed by atoms with Crippen molar-refractivity contribution in [3.05, 3.63) is 163 Å². The Balaban J connectivity index is 0.000000164. The SMILES string of the molecule is CCOC(=O)NC[C@H]1CN(c2ccc(-c3ccc(SC)cc3)c(F)c2)C(=O)O1.COC(=O)CC[C@H]1CN(c2ccc(-c3ccc(SC)cc3)c(F)c2)C(=O)O1.CS(=N)(=O)c1ccc(-c2ccc(N3C[C@H](Cn4cccn4)OC3=O)cc2F)cc1. The second kappa shape index (κ2) is 28.2. The predicted octanol–water partition coefficient (Wildman–Crippen LogP) is 12.5. The molecule has 1 unspecified atom stereocenters. The fourth-order valence-electron chi connectivity index (χ4n) is 9.08. The molecule has 7 aromatic rings. The van der Waals surface area contributed by atoms with E-state index >= 15 is 0 Å². The van der Waals surface area contributed by atoms with E-state index in [4.69, 9.17) is 23.7 Å². The molecule has 4 atom stereocenters. The third-order valence-corrected chi connectivity index (χ3v) is 16.1. The van der Waals surface area contributed by atoms with Crippen LogP contribution in [0.25, 0.3) is 33.4 Å². The van der Waals surface area contributed by atoms with Crippen molar-refractivity contribution in [3.8, 4) is 33.4 Å². The number of benzene rings is 6. The number of nitrogens with one attached hydrogen (secondary N) is 2. The van der Waals surface area contributed by atoms with Crippen LogP contribution in [0.5, 0.6) is 0 Å². The van der Waals surface area contributed by atoms with Crippen LogP contribution in [0.15, 0.2) is 161 Å². The number of esters is 1. The fourth-order valence-corrected chi connectivity index (χ4v) is 10.6. The van der Waals surface area contributed by atoms with Crippen molar-refractivity contribution in [1.82, 2.24) is 15.1 Å². The number of alkyl carbamates (subject to hydrolysis) is 1. The minimum Gasteiger partial charge on any atom is -0.469 e. The van der Waals surface area contributed by atoms with Crippen LogP contribution in [0, 0.1) is 22.2 Å². The van der Waals surface area contributed by atoms with Crippen LogP contribution in [0.3, 0.4) is 0 Å². The highest BCUT2D eigenvalue weighted by Crippen LogP contribution is 2.34. The van der Waals surface area contributed by atoms with Crippen LogP contribution >= 0.6 is 23.5 Å². The summed E-state index contributed by atoms with van der Waals surface area (Å²) in [6.45, 7) is 3.31. The topological polar surface area (TPSA) is 212 Å². The zero-order valence-corrected chi connectivity index (χ0v) is 48.8. The van der Waals surface area contributed by atoms with Gasteiger partial charge in [-0.1, -0.05) is 36.4 Å². The Bertz CT molecular complexity index is 3580. The summed E-state index contributed by atoms with van der Waals surface area (Å²) in [5.41, 5.74) is 4.69. The van der Waals surface area contributed by atoms with Crippen molar-refractivity contribution in [2.24, 2.45) is 0 Å². The third kappa shape index (κ3) is 15.8. The van der Waals surface area contributed by atoms with E-state index in [1.54, 1.807) is 114 Å². The van der Waals surface area contributed by atoms with Gasteiger partial charge >= 0.3 is 30.3 Å². The summed E-state index contributed by atoms with van der Waals surface area (Å²) in [5.74, 6) is -1.67. The number of hydrogen-bond donors (Lipinski definition) is 2. The van der Waals surface area contributed by atoms with Crippen LogP contribution in [0.2, 0.25) is 0 Å². The molecule has 4 heterocycles. The number of ether oxygens (including phenoxy) is 5. The van der Waals surface area contributed by atoms with Crippen LogP contribution in [0.4, 0.5) is 49.4 Å². The minimum absolute atomic E-state index is 0.128. The van der Waals surface area contributed by atoms with E-state index in [1.807, 2.05) is 61.0 Å². The summed E-state index contributed by atoms with van der Waals surface area (Å²) in [6.07, 6.45) is 5.76. The van der Waals surface area contributed by atoms with Gasteiger partial charge in [0, 0.05) is 56.4 Å². The standard InChI is InChI=1S/C20H19FN4O3S.C20H21FN2O4S.C20H20FNO4S/c1-29(22,27)17-6-3-14(4-7-17)18-8-5-15(11-19(18)21)25-13-16(28-20(25)26)12-24-10-2-9-23-24;1-3-26-19(24)22-11-15-12-23(20(25)27-15)14-6-9-17(18(21)10-14)13-4-7-16(28-2)8-5-13;1-25-19(23)10-6-15-12-22(20(24)26-15)14-5-9-17(18(21)11-14)13-3-7-16(27-2)8-4-13/h2-11,16,22H,12-13H2,1H3;4-10,15H,3,11-12H2,1-2H3,(H,22,24);3-5,7-9,11,15H,6,10,12H2,1-2H3/t16-,29?;2*15-/m000/s1. The summed E-state index contributed by atoms with van der Waals surface area (Å²) in [7, 11) is -1.50. The average molecular weight is 1210 g/mol. The molecule has 0 saturated carbocycles. The van der Waals surface area contributed by atoms with Gasteiger partial charge in [0.05, 0.1) is 73.2 Å². The van der Waals surface area contributed by atoms with Gasteiger partial charge in [0.25, 0.3) is 0 Å². The van der Waals surface area contributed by atoms with Crippen LogP contribution in [0.1, 0.15) is 19.8 Å². The van der Waals surface area contributed by atoms with Crippen molar-refractivity contribution in [2.45, 2.75) is 59.3 Å². The number of nitrogens with zero attached hydrogens (tertiary/aromatic N) is 5. The highest BCUT2D eigenvalue weighted by molar-refractivity contribution is 7.98. The van der Waals surface area contributed by atoms with Gasteiger partial charge in [-0.3, -0.25) is 24.2 Å². The minimum atomic E-state index is -2.82. The zero-order valence-electron chi connectivity index (χ0n) is 46.3. The number of thioether (sulfide) groups is 2. The lowest BCUT2D eigenvalue weighted by Gasteiger charge is -2.14. The van der Waals surface area contributed by atoms with E-state index in [0.29, 0.717) is 63.7 Å². The monoisotopic (exact) mass is 1210 g/mol. The molecule has 24 heteroatoms.